The Balaban J connectivity index is 2.23. The van der Waals surface area contributed by atoms with Crippen LogP contribution in [-0.2, 0) is 33.4 Å². The predicted molar refractivity (Wildman–Crippen MR) is 132 cm³/mol. The molecule has 2 fully saturated rings. The molecule has 2 saturated carbocycles. The van der Waals surface area contributed by atoms with Gasteiger partial charge in [-0.25, -0.2) is 4.79 Å². The van der Waals surface area contributed by atoms with Crippen LogP contribution in [0.3, 0.4) is 0 Å². The summed E-state index contributed by atoms with van der Waals surface area (Å²) in [6, 6.07) is 0. The van der Waals surface area contributed by atoms with Crippen molar-refractivity contribution < 1.29 is 53.9 Å². The van der Waals surface area contributed by atoms with E-state index in [0.29, 0.717) is 0 Å². The molecule has 0 aromatic carbocycles. The van der Waals surface area contributed by atoms with Crippen molar-refractivity contribution >= 4 is 29.8 Å². The molecule has 11 nitrogen and oxygen atoms in total. The summed E-state index contributed by atoms with van der Waals surface area (Å²) in [5.41, 5.74) is 0.121. The van der Waals surface area contributed by atoms with Gasteiger partial charge in [0, 0.05) is 5.57 Å². The van der Waals surface area contributed by atoms with Crippen LogP contribution in [-0.4, -0.2) is 69.6 Å². The minimum absolute atomic E-state index is 0.121. The molecule has 0 saturated heterocycles. The van der Waals surface area contributed by atoms with Crippen LogP contribution in [0, 0.1) is 47.3 Å². The number of ether oxygens (including phenoxy) is 2. The maximum absolute atomic E-state index is 13.0. The third-order valence-electron chi connectivity index (χ3n) is 7.22. The Bertz CT molecular complexity index is 1010. The topological polar surface area (TPSA) is 185 Å². The predicted octanol–water partition coefficient (Wildman–Crippen LogP) is 1.93. The van der Waals surface area contributed by atoms with E-state index in [1.54, 1.807) is 12.2 Å². The number of carboxylic acids is 3. The molecule has 2 rings (SSSR count). The average molecular weight is 535 g/mol. The molecular weight excluding hydrogens is 500 g/mol. The molecular formula is C27H34O11. The number of allylic oxidation sites excluding steroid dienone is 4. The number of esters is 2. The first-order chi connectivity index (χ1) is 17.8. The number of aliphatic carboxylic acids is 3. The Hall–Kier alpha value is -3.73. The summed E-state index contributed by atoms with van der Waals surface area (Å²) in [7, 11) is 0. The van der Waals surface area contributed by atoms with Gasteiger partial charge in [0.25, 0.3) is 0 Å². The van der Waals surface area contributed by atoms with Gasteiger partial charge >= 0.3 is 29.8 Å². The minimum atomic E-state index is -1.35. The number of hydrogen-bond donors (Lipinski definition) is 4. The van der Waals surface area contributed by atoms with Crippen LogP contribution in [0.25, 0.3) is 0 Å². The Labute approximate surface area is 220 Å². The second kappa shape index (κ2) is 13.2. The van der Waals surface area contributed by atoms with E-state index in [1.807, 2.05) is 0 Å². The molecule has 4 N–H and O–H groups in total. The zero-order valence-corrected chi connectivity index (χ0v) is 21.1. The third-order valence-corrected chi connectivity index (χ3v) is 7.22. The number of carbonyl (C=O) groups is 5. The lowest BCUT2D eigenvalue weighted by Gasteiger charge is -2.22. The summed E-state index contributed by atoms with van der Waals surface area (Å²) in [5.74, 6) is -12.6. The van der Waals surface area contributed by atoms with Crippen LogP contribution in [0.2, 0.25) is 0 Å². The van der Waals surface area contributed by atoms with E-state index in [1.165, 1.54) is 19.1 Å². The Morgan fingerprint density at radius 1 is 0.763 bits per heavy atom. The second-order valence-corrected chi connectivity index (χ2v) is 9.76. The summed E-state index contributed by atoms with van der Waals surface area (Å²) in [5, 5.41) is 39.1. The maximum Gasteiger partial charge on any atom is 0.333 e. The van der Waals surface area contributed by atoms with Crippen LogP contribution in [0.4, 0.5) is 0 Å². The molecule has 0 aromatic heterocycles. The lowest BCUT2D eigenvalue weighted by atomic mass is 9.84. The second-order valence-electron chi connectivity index (χ2n) is 9.76. The minimum Gasteiger partial charge on any atom is -0.481 e. The normalized spacial score (nSPS) is 31.3. The number of aliphatic hydroxyl groups excluding tert-OH is 1. The van der Waals surface area contributed by atoms with Gasteiger partial charge in [-0.05, 0) is 43.4 Å². The molecule has 208 valence electrons. The SMILES string of the molecule is C=CC1CC(/C=C\C2CC(C=C)C(C(=O)O)C2C(=O)OCC(O)COC(=O)C(=C)C)C(C(=O)O)C1C(=O)O. The van der Waals surface area contributed by atoms with Gasteiger partial charge in [0.15, 0.2) is 0 Å². The van der Waals surface area contributed by atoms with E-state index >= 15 is 0 Å². The molecule has 2 aliphatic carbocycles. The van der Waals surface area contributed by atoms with E-state index in [4.69, 9.17) is 9.47 Å². The summed E-state index contributed by atoms with van der Waals surface area (Å²) in [6.07, 6.45) is 5.04. The first kappa shape index (κ1) is 30.5. The van der Waals surface area contributed by atoms with Gasteiger partial charge in [-0.15, -0.1) is 13.2 Å². The average Bonchev–Trinajstić information content (AvgIpc) is 3.42. The summed E-state index contributed by atoms with van der Waals surface area (Å²) in [6.45, 7) is 11.1. The zero-order chi connectivity index (χ0) is 28.7. The van der Waals surface area contributed by atoms with E-state index in [2.05, 4.69) is 19.7 Å². The van der Waals surface area contributed by atoms with Crippen molar-refractivity contribution in [1.29, 1.82) is 0 Å². The molecule has 0 radical (unpaired) electrons. The first-order valence-electron chi connectivity index (χ1n) is 12.1. The number of carbonyl (C=O) groups excluding carboxylic acids is 2. The smallest absolute Gasteiger partial charge is 0.333 e. The monoisotopic (exact) mass is 534 g/mol. The molecule has 0 spiro atoms. The third kappa shape index (κ3) is 6.97. The molecule has 0 amide bonds. The highest BCUT2D eigenvalue weighted by atomic mass is 16.6. The Kier molecular flexibility index (Phi) is 10.6. The van der Waals surface area contributed by atoms with Gasteiger partial charge in [-0.2, -0.15) is 0 Å². The van der Waals surface area contributed by atoms with Crippen molar-refractivity contribution in [3.63, 3.8) is 0 Å². The molecule has 0 heterocycles. The van der Waals surface area contributed by atoms with Gasteiger partial charge in [0.05, 0.1) is 23.7 Å². The van der Waals surface area contributed by atoms with Crippen LogP contribution < -0.4 is 0 Å². The van der Waals surface area contributed by atoms with Crippen molar-refractivity contribution in [2.24, 2.45) is 47.3 Å². The number of aliphatic hydroxyl groups is 1. The lowest BCUT2D eigenvalue weighted by molar-refractivity contribution is -0.161. The fourth-order valence-corrected chi connectivity index (χ4v) is 5.40. The molecule has 0 aromatic rings. The zero-order valence-electron chi connectivity index (χ0n) is 21.1. The fraction of sp³-hybridized carbons (Fsp3) is 0.519. The van der Waals surface area contributed by atoms with Crippen molar-refractivity contribution in [3.05, 3.63) is 49.6 Å². The highest BCUT2D eigenvalue weighted by Crippen LogP contribution is 2.47. The van der Waals surface area contributed by atoms with Crippen molar-refractivity contribution in [2.75, 3.05) is 13.2 Å². The van der Waals surface area contributed by atoms with Crippen molar-refractivity contribution in [1.82, 2.24) is 0 Å². The molecule has 0 aliphatic heterocycles. The van der Waals surface area contributed by atoms with Crippen LogP contribution in [0.15, 0.2) is 49.6 Å². The highest BCUT2D eigenvalue weighted by Gasteiger charge is 2.51. The number of hydrogen-bond acceptors (Lipinski definition) is 8. The van der Waals surface area contributed by atoms with E-state index < -0.39 is 96.5 Å². The van der Waals surface area contributed by atoms with Gasteiger partial charge < -0.3 is 29.9 Å². The molecule has 11 heteroatoms. The first-order valence-corrected chi connectivity index (χ1v) is 12.1. The van der Waals surface area contributed by atoms with Crippen LogP contribution in [0.1, 0.15) is 19.8 Å². The van der Waals surface area contributed by atoms with Gasteiger partial charge in [-0.1, -0.05) is 30.9 Å². The number of carboxylic acid groups (broad SMARTS) is 3. The lowest BCUT2D eigenvalue weighted by Crippen LogP contribution is -2.35. The summed E-state index contributed by atoms with van der Waals surface area (Å²) < 4.78 is 9.99. The molecule has 38 heavy (non-hydrogen) atoms. The summed E-state index contributed by atoms with van der Waals surface area (Å²) >= 11 is 0. The van der Waals surface area contributed by atoms with Gasteiger partial charge in [-0.3, -0.25) is 19.2 Å². The van der Waals surface area contributed by atoms with Crippen molar-refractivity contribution in [3.8, 4) is 0 Å². The Morgan fingerprint density at radius 3 is 1.58 bits per heavy atom. The van der Waals surface area contributed by atoms with E-state index in [0.717, 1.165) is 0 Å². The maximum atomic E-state index is 13.0. The molecule has 0 bridgehead atoms. The number of rotatable bonds is 13. The van der Waals surface area contributed by atoms with Crippen LogP contribution >= 0.6 is 0 Å². The molecule has 2 aliphatic rings. The standard InChI is InChI=1S/C27H34O11/c1-5-14-9-16(21(25(33)34)19(14)23(29)30)7-8-17-10-15(6-2)20(24(31)32)22(17)27(36)38-12-18(28)11-37-26(35)13(3)4/h5-8,14-22,28H,1-3,9-12H2,4H3,(H,29,30)(H,31,32)(H,33,34)/b8-7-. The van der Waals surface area contributed by atoms with E-state index in [9.17, 15) is 44.4 Å². The fourth-order valence-electron chi connectivity index (χ4n) is 5.40. The van der Waals surface area contributed by atoms with Crippen molar-refractivity contribution in [2.45, 2.75) is 25.9 Å². The molecule has 9 atom stereocenters. The Morgan fingerprint density at radius 2 is 1.16 bits per heavy atom. The largest absolute Gasteiger partial charge is 0.481 e. The quantitative estimate of drug-likeness (QED) is 0.154. The summed E-state index contributed by atoms with van der Waals surface area (Å²) in [4.78, 5) is 60.2. The van der Waals surface area contributed by atoms with Gasteiger partial charge in [0.1, 0.15) is 19.3 Å². The highest BCUT2D eigenvalue weighted by molar-refractivity contribution is 5.87. The van der Waals surface area contributed by atoms with Crippen LogP contribution in [0.5, 0.6) is 0 Å². The van der Waals surface area contributed by atoms with E-state index in [-0.39, 0.29) is 18.4 Å². The molecule has 9 unspecified atom stereocenters. The van der Waals surface area contributed by atoms with Gasteiger partial charge in [0.2, 0.25) is 0 Å².